The van der Waals surface area contributed by atoms with Crippen molar-refractivity contribution in [2.75, 3.05) is 14.2 Å². The van der Waals surface area contributed by atoms with Crippen LogP contribution in [0, 0.1) is 0 Å². The monoisotopic (exact) mass is 290 g/mol. The number of ether oxygens (including phenoxy) is 2. The number of nitrogens with one attached hydrogen (secondary N) is 2. The van der Waals surface area contributed by atoms with E-state index in [2.05, 4.69) is 16.9 Å². The molecule has 0 aromatic heterocycles. The van der Waals surface area contributed by atoms with Crippen molar-refractivity contribution in [1.82, 2.24) is 10.9 Å². The Labute approximate surface area is 125 Å². The Morgan fingerprint density at radius 1 is 1.10 bits per heavy atom. The molecule has 2 N–H and O–H groups in total. The summed E-state index contributed by atoms with van der Waals surface area (Å²) in [5.74, 6) is 0.952. The second-order valence-corrected chi connectivity index (χ2v) is 4.98. The minimum absolute atomic E-state index is 0.193. The topological polar surface area (TPSA) is 59.6 Å². The van der Waals surface area contributed by atoms with Crippen LogP contribution in [0.15, 0.2) is 30.0 Å². The van der Waals surface area contributed by atoms with Gasteiger partial charge in [0.05, 0.1) is 14.2 Å². The molecular formula is C16H22N2O3. The standard InChI is InChI=1S/C16H22N2O3/c1-20-14-10-9-12(11-15(14)21-2)16(19)18-17-13-7-5-3-4-6-8-13/h7,9-11,17H,3-6,8H2,1-2H3,(H,18,19). The number of hydrazine groups is 1. The van der Waals surface area contributed by atoms with E-state index in [9.17, 15) is 4.79 Å². The Balaban J connectivity index is 1.98. The SMILES string of the molecule is COc1ccc(C(=O)NNC2=CCCCCC2)cc1OC. The Bertz CT molecular complexity index is 526. The Morgan fingerprint density at radius 3 is 2.67 bits per heavy atom. The fraction of sp³-hybridized carbons (Fsp3) is 0.438. The van der Waals surface area contributed by atoms with E-state index in [1.807, 2.05) is 0 Å². The number of benzene rings is 1. The van der Waals surface area contributed by atoms with E-state index in [0.29, 0.717) is 17.1 Å². The van der Waals surface area contributed by atoms with Gasteiger partial charge in [0, 0.05) is 11.3 Å². The summed E-state index contributed by atoms with van der Waals surface area (Å²) in [5, 5.41) is 0. The normalized spacial score (nSPS) is 14.7. The van der Waals surface area contributed by atoms with Crippen LogP contribution in [0.2, 0.25) is 0 Å². The highest BCUT2D eigenvalue weighted by molar-refractivity contribution is 5.94. The highest BCUT2D eigenvalue weighted by Crippen LogP contribution is 2.27. The zero-order valence-corrected chi connectivity index (χ0v) is 12.6. The van der Waals surface area contributed by atoms with Crippen LogP contribution >= 0.6 is 0 Å². The van der Waals surface area contributed by atoms with E-state index in [1.165, 1.54) is 12.8 Å². The van der Waals surface area contributed by atoms with Crippen molar-refractivity contribution in [3.05, 3.63) is 35.5 Å². The molecule has 1 aliphatic carbocycles. The summed E-state index contributed by atoms with van der Waals surface area (Å²) in [6, 6.07) is 5.09. The minimum atomic E-state index is -0.193. The van der Waals surface area contributed by atoms with Crippen LogP contribution in [0.25, 0.3) is 0 Å². The second-order valence-electron chi connectivity index (χ2n) is 4.98. The van der Waals surface area contributed by atoms with Gasteiger partial charge >= 0.3 is 0 Å². The molecule has 0 bridgehead atoms. The molecule has 1 aromatic rings. The molecule has 114 valence electrons. The van der Waals surface area contributed by atoms with Gasteiger partial charge in [-0.2, -0.15) is 0 Å². The van der Waals surface area contributed by atoms with Crippen molar-refractivity contribution in [3.63, 3.8) is 0 Å². The van der Waals surface area contributed by atoms with Crippen molar-refractivity contribution in [1.29, 1.82) is 0 Å². The first-order valence-electron chi connectivity index (χ1n) is 7.22. The average Bonchev–Trinajstić information content (AvgIpc) is 2.80. The number of carbonyl (C=O) groups excluding carboxylic acids is 1. The van der Waals surface area contributed by atoms with E-state index < -0.39 is 0 Å². The molecule has 0 atom stereocenters. The lowest BCUT2D eigenvalue weighted by atomic mass is 10.2. The van der Waals surface area contributed by atoms with Gasteiger partial charge in [0.1, 0.15) is 0 Å². The molecule has 0 saturated carbocycles. The van der Waals surface area contributed by atoms with Gasteiger partial charge in [0.15, 0.2) is 11.5 Å². The summed E-state index contributed by atoms with van der Waals surface area (Å²) < 4.78 is 10.4. The van der Waals surface area contributed by atoms with Crippen molar-refractivity contribution in [2.45, 2.75) is 32.1 Å². The molecule has 0 radical (unpaired) electrons. The number of methoxy groups -OCH3 is 2. The van der Waals surface area contributed by atoms with Crippen LogP contribution < -0.4 is 20.3 Å². The first-order valence-corrected chi connectivity index (χ1v) is 7.22. The molecule has 0 spiro atoms. The molecule has 0 heterocycles. The Kier molecular flexibility index (Phi) is 5.49. The summed E-state index contributed by atoms with van der Waals surface area (Å²) in [7, 11) is 3.12. The summed E-state index contributed by atoms with van der Waals surface area (Å²) in [6.07, 6.45) is 7.81. The maximum Gasteiger partial charge on any atom is 0.269 e. The molecule has 0 saturated heterocycles. The predicted octanol–water partition coefficient (Wildman–Crippen LogP) is 2.79. The van der Waals surface area contributed by atoms with Crippen LogP contribution in [-0.2, 0) is 0 Å². The molecule has 1 amide bonds. The number of hydrogen-bond acceptors (Lipinski definition) is 4. The van der Waals surface area contributed by atoms with Gasteiger partial charge in [0.25, 0.3) is 5.91 Å². The first-order chi connectivity index (χ1) is 10.2. The van der Waals surface area contributed by atoms with Crippen LogP contribution in [0.3, 0.4) is 0 Å². The average molecular weight is 290 g/mol. The number of amides is 1. The van der Waals surface area contributed by atoms with Gasteiger partial charge in [-0.3, -0.25) is 10.2 Å². The summed E-state index contributed by atoms with van der Waals surface area (Å²) in [4.78, 5) is 12.1. The van der Waals surface area contributed by atoms with Gasteiger partial charge in [0.2, 0.25) is 0 Å². The Morgan fingerprint density at radius 2 is 1.90 bits per heavy atom. The van der Waals surface area contributed by atoms with Gasteiger partial charge < -0.3 is 14.9 Å². The lowest BCUT2D eigenvalue weighted by molar-refractivity contribution is 0.0938. The van der Waals surface area contributed by atoms with Crippen LogP contribution in [0.1, 0.15) is 42.5 Å². The zero-order valence-electron chi connectivity index (χ0n) is 12.6. The number of allylic oxidation sites excluding steroid dienone is 2. The zero-order chi connectivity index (χ0) is 15.1. The van der Waals surface area contributed by atoms with Crippen LogP contribution in [0.4, 0.5) is 0 Å². The van der Waals surface area contributed by atoms with Gasteiger partial charge in [-0.25, -0.2) is 0 Å². The molecule has 5 nitrogen and oxygen atoms in total. The van der Waals surface area contributed by atoms with Gasteiger partial charge in [-0.15, -0.1) is 0 Å². The quantitative estimate of drug-likeness (QED) is 0.819. The molecule has 1 aromatic carbocycles. The van der Waals surface area contributed by atoms with Crippen LogP contribution in [0.5, 0.6) is 11.5 Å². The van der Waals surface area contributed by atoms with Crippen molar-refractivity contribution >= 4 is 5.91 Å². The van der Waals surface area contributed by atoms with E-state index in [0.717, 1.165) is 25.0 Å². The molecular weight excluding hydrogens is 268 g/mol. The molecule has 1 aliphatic rings. The maximum atomic E-state index is 12.1. The highest BCUT2D eigenvalue weighted by atomic mass is 16.5. The fourth-order valence-corrected chi connectivity index (χ4v) is 2.32. The smallest absolute Gasteiger partial charge is 0.269 e. The third-order valence-electron chi connectivity index (χ3n) is 3.52. The molecule has 0 aliphatic heterocycles. The highest BCUT2D eigenvalue weighted by Gasteiger charge is 2.11. The maximum absolute atomic E-state index is 12.1. The number of carbonyl (C=O) groups is 1. The van der Waals surface area contributed by atoms with E-state index >= 15 is 0 Å². The molecule has 2 rings (SSSR count). The van der Waals surface area contributed by atoms with Crippen molar-refractivity contribution in [3.8, 4) is 11.5 Å². The van der Waals surface area contributed by atoms with Crippen LogP contribution in [-0.4, -0.2) is 20.1 Å². The lowest BCUT2D eigenvalue weighted by Gasteiger charge is -2.12. The van der Waals surface area contributed by atoms with Crippen molar-refractivity contribution in [2.24, 2.45) is 0 Å². The van der Waals surface area contributed by atoms with E-state index in [4.69, 9.17) is 9.47 Å². The molecule has 5 heteroatoms. The lowest BCUT2D eigenvalue weighted by Crippen LogP contribution is -2.36. The third-order valence-corrected chi connectivity index (χ3v) is 3.52. The number of hydrogen-bond donors (Lipinski definition) is 2. The minimum Gasteiger partial charge on any atom is -0.493 e. The summed E-state index contributed by atoms with van der Waals surface area (Å²) >= 11 is 0. The second kappa shape index (κ2) is 7.57. The van der Waals surface area contributed by atoms with Crippen molar-refractivity contribution < 1.29 is 14.3 Å². The molecule has 0 fully saturated rings. The summed E-state index contributed by atoms with van der Waals surface area (Å²) in [5.41, 5.74) is 7.35. The number of rotatable bonds is 5. The molecule has 0 unspecified atom stereocenters. The predicted molar refractivity (Wildman–Crippen MR) is 81.3 cm³/mol. The molecule has 21 heavy (non-hydrogen) atoms. The largest absolute Gasteiger partial charge is 0.493 e. The first kappa shape index (κ1) is 15.2. The Hall–Kier alpha value is -2.17. The van der Waals surface area contributed by atoms with E-state index in [-0.39, 0.29) is 5.91 Å². The van der Waals surface area contributed by atoms with Gasteiger partial charge in [-0.05, 0) is 43.9 Å². The van der Waals surface area contributed by atoms with Gasteiger partial charge in [-0.1, -0.05) is 12.5 Å². The third kappa shape index (κ3) is 4.15. The summed E-state index contributed by atoms with van der Waals surface area (Å²) in [6.45, 7) is 0. The fourth-order valence-electron chi connectivity index (χ4n) is 2.32. The van der Waals surface area contributed by atoms with E-state index in [1.54, 1.807) is 32.4 Å².